The van der Waals surface area contributed by atoms with E-state index in [0.29, 0.717) is 6.42 Å². The Bertz CT molecular complexity index is 830. The number of urea groups is 1. The molecule has 1 aromatic carbocycles. The molecule has 0 radical (unpaired) electrons. The van der Waals surface area contributed by atoms with Gasteiger partial charge in [0.05, 0.1) is 4.92 Å². The van der Waals surface area contributed by atoms with Gasteiger partial charge in [0.25, 0.3) is 11.6 Å². The molecule has 2 aliphatic rings. The minimum absolute atomic E-state index is 0.0203. The lowest BCUT2D eigenvalue weighted by atomic mass is 9.73. The molecule has 2 atom stereocenters. The van der Waals surface area contributed by atoms with Crippen molar-refractivity contribution >= 4 is 40.8 Å². The first-order valence-electron chi connectivity index (χ1n) is 8.62. The highest BCUT2D eigenvalue weighted by Crippen LogP contribution is 2.38. The largest absolute Gasteiger partial charge is 0.325 e. The van der Waals surface area contributed by atoms with Crippen molar-refractivity contribution in [2.24, 2.45) is 5.92 Å². The topological polar surface area (TPSA) is 122 Å². The van der Waals surface area contributed by atoms with Crippen LogP contribution in [0, 0.1) is 16.0 Å². The van der Waals surface area contributed by atoms with Crippen LogP contribution < -0.4 is 10.6 Å². The summed E-state index contributed by atoms with van der Waals surface area (Å²) >= 11 is 5.75. The number of carbonyl (C=O) groups is 3. The van der Waals surface area contributed by atoms with Crippen LogP contribution in [0.15, 0.2) is 18.2 Å². The monoisotopic (exact) mass is 394 g/mol. The van der Waals surface area contributed by atoms with Crippen molar-refractivity contribution in [2.75, 3.05) is 11.9 Å². The highest BCUT2D eigenvalue weighted by atomic mass is 35.5. The van der Waals surface area contributed by atoms with Gasteiger partial charge in [-0.3, -0.25) is 24.6 Å². The number of nitrogens with one attached hydrogen (secondary N) is 2. The Morgan fingerprint density at radius 1 is 1.44 bits per heavy atom. The molecule has 1 saturated carbocycles. The number of nitrogens with zero attached hydrogens (tertiary/aromatic N) is 2. The van der Waals surface area contributed by atoms with Crippen molar-refractivity contribution in [2.45, 2.75) is 38.1 Å². The molecule has 1 aliphatic carbocycles. The quantitative estimate of drug-likeness (QED) is 0.462. The van der Waals surface area contributed by atoms with Gasteiger partial charge in [0, 0.05) is 11.1 Å². The molecule has 1 aliphatic heterocycles. The third-order valence-electron chi connectivity index (χ3n) is 5.23. The molecule has 27 heavy (non-hydrogen) atoms. The molecule has 10 heteroatoms. The number of rotatable bonds is 4. The zero-order chi connectivity index (χ0) is 19.8. The van der Waals surface area contributed by atoms with Crippen molar-refractivity contribution in [3.63, 3.8) is 0 Å². The van der Waals surface area contributed by atoms with E-state index in [-0.39, 0.29) is 22.3 Å². The Hall–Kier alpha value is -2.68. The fourth-order valence-corrected chi connectivity index (χ4v) is 3.90. The molecular formula is C17H19ClN4O5. The van der Waals surface area contributed by atoms with Crippen LogP contribution in [0.2, 0.25) is 5.02 Å². The number of halogens is 1. The molecular weight excluding hydrogens is 376 g/mol. The van der Waals surface area contributed by atoms with Gasteiger partial charge < -0.3 is 10.6 Å². The van der Waals surface area contributed by atoms with Gasteiger partial charge in [0.1, 0.15) is 17.8 Å². The number of nitro groups is 1. The molecule has 2 fully saturated rings. The maximum atomic E-state index is 12.8. The summed E-state index contributed by atoms with van der Waals surface area (Å²) in [6.45, 7) is 1.40. The molecule has 1 saturated heterocycles. The van der Waals surface area contributed by atoms with E-state index in [2.05, 4.69) is 10.6 Å². The number of benzene rings is 1. The van der Waals surface area contributed by atoms with E-state index < -0.39 is 34.9 Å². The molecule has 1 heterocycles. The number of anilines is 1. The van der Waals surface area contributed by atoms with Crippen molar-refractivity contribution in [3.05, 3.63) is 33.3 Å². The van der Waals surface area contributed by atoms with E-state index in [9.17, 15) is 24.5 Å². The maximum absolute atomic E-state index is 12.8. The Kier molecular flexibility index (Phi) is 5.05. The van der Waals surface area contributed by atoms with Crippen LogP contribution in [0.25, 0.3) is 0 Å². The summed E-state index contributed by atoms with van der Waals surface area (Å²) in [7, 11) is 0. The highest BCUT2D eigenvalue weighted by Gasteiger charge is 2.55. The average molecular weight is 395 g/mol. The minimum Gasteiger partial charge on any atom is -0.323 e. The van der Waals surface area contributed by atoms with Crippen LogP contribution in [0.3, 0.4) is 0 Å². The van der Waals surface area contributed by atoms with Crippen LogP contribution in [-0.4, -0.2) is 39.8 Å². The summed E-state index contributed by atoms with van der Waals surface area (Å²) in [5.74, 6) is -1.14. The summed E-state index contributed by atoms with van der Waals surface area (Å²) in [5.41, 5.74) is -1.38. The number of carbonyl (C=O) groups excluding carboxylic acids is 3. The van der Waals surface area contributed by atoms with Crippen molar-refractivity contribution in [3.8, 4) is 0 Å². The molecule has 1 spiro atoms. The Morgan fingerprint density at radius 2 is 2.19 bits per heavy atom. The second-order valence-corrected chi connectivity index (χ2v) is 7.34. The summed E-state index contributed by atoms with van der Waals surface area (Å²) in [6.07, 6.45) is 3.18. The van der Waals surface area contributed by atoms with E-state index in [1.807, 2.05) is 6.92 Å². The molecule has 4 amide bonds. The lowest BCUT2D eigenvalue weighted by Gasteiger charge is -2.36. The Balaban J connectivity index is 1.74. The molecule has 0 bridgehead atoms. The molecule has 1 aromatic rings. The molecule has 2 N–H and O–H groups in total. The molecule has 0 aromatic heterocycles. The summed E-state index contributed by atoms with van der Waals surface area (Å²) in [6, 6.07) is 3.20. The second-order valence-electron chi connectivity index (χ2n) is 6.91. The molecule has 0 unspecified atom stereocenters. The average Bonchev–Trinajstić information content (AvgIpc) is 2.84. The zero-order valence-corrected chi connectivity index (χ0v) is 15.4. The first kappa shape index (κ1) is 19.1. The van der Waals surface area contributed by atoms with Gasteiger partial charge in [0.2, 0.25) is 5.91 Å². The van der Waals surface area contributed by atoms with E-state index in [4.69, 9.17) is 11.6 Å². The SMILES string of the molecule is C[C@@H]1CCCC[C@@]12NC(=O)N(CC(=O)Nc1ccc(Cl)cc1[N+](=O)[O-])C2=O. The number of nitro benzene ring substituents is 1. The van der Waals surface area contributed by atoms with Crippen LogP contribution >= 0.6 is 11.6 Å². The third kappa shape index (κ3) is 3.46. The predicted octanol–water partition coefficient (Wildman–Crippen LogP) is 2.69. The fourth-order valence-electron chi connectivity index (χ4n) is 3.73. The van der Waals surface area contributed by atoms with E-state index in [1.54, 1.807) is 0 Å². The van der Waals surface area contributed by atoms with E-state index in [1.165, 1.54) is 12.1 Å². The fraction of sp³-hybridized carbons (Fsp3) is 0.471. The standard InChI is InChI=1S/C17H19ClN4O5/c1-10-4-2-3-7-17(10)15(24)21(16(25)20-17)9-14(23)19-12-6-5-11(18)8-13(12)22(26)27/h5-6,8,10H,2-4,7,9H2,1H3,(H,19,23)(H,20,25)/t10-,17-/m1/s1. The van der Waals surface area contributed by atoms with Gasteiger partial charge in [-0.2, -0.15) is 0 Å². The van der Waals surface area contributed by atoms with Crippen LogP contribution in [0.5, 0.6) is 0 Å². The van der Waals surface area contributed by atoms with Gasteiger partial charge in [0.15, 0.2) is 0 Å². The van der Waals surface area contributed by atoms with E-state index in [0.717, 1.165) is 30.2 Å². The molecule has 3 rings (SSSR count). The third-order valence-corrected chi connectivity index (χ3v) is 5.47. The van der Waals surface area contributed by atoms with Gasteiger partial charge >= 0.3 is 6.03 Å². The number of imide groups is 1. The van der Waals surface area contributed by atoms with Crippen LogP contribution in [0.1, 0.15) is 32.6 Å². The normalized spacial score (nSPS) is 24.8. The number of amides is 4. The molecule has 144 valence electrons. The zero-order valence-electron chi connectivity index (χ0n) is 14.7. The van der Waals surface area contributed by atoms with Crippen molar-refractivity contribution < 1.29 is 19.3 Å². The van der Waals surface area contributed by atoms with Gasteiger partial charge in [-0.1, -0.05) is 31.4 Å². The number of hydrogen-bond donors (Lipinski definition) is 2. The first-order valence-corrected chi connectivity index (χ1v) is 9.00. The highest BCUT2D eigenvalue weighted by molar-refractivity contribution is 6.31. The maximum Gasteiger partial charge on any atom is 0.325 e. The predicted molar refractivity (Wildman–Crippen MR) is 97.3 cm³/mol. The van der Waals surface area contributed by atoms with Crippen LogP contribution in [0.4, 0.5) is 16.2 Å². The first-order chi connectivity index (χ1) is 12.7. The van der Waals surface area contributed by atoms with Crippen molar-refractivity contribution in [1.29, 1.82) is 0 Å². The lowest BCUT2D eigenvalue weighted by Crippen LogP contribution is -2.54. The van der Waals surface area contributed by atoms with Crippen molar-refractivity contribution in [1.82, 2.24) is 10.2 Å². The van der Waals surface area contributed by atoms with Gasteiger partial charge in [-0.05, 0) is 30.9 Å². The summed E-state index contributed by atoms with van der Waals surface area (Å²) in [4.78, 5) is 48.8. The number of hydrogen-bond acceptors (Lipinski definition) is 5. The Morgan fingerprint density at radius 3 is 2.85 bits per heavy atom. The summed E-state index contributed by atoms with van der Waals surface area (Å²) < 4.78 is 0. The van der Waals surface area contributed by atoms with Crippen LogP contribution in [-0.2, 0) is 9.59 Å². The second kappa shape index (κ2) is 7.15. The summed E-state index contributed by atoms with van der Waals surface area (Å²) in [5, 5.41) is 16.4. The van der Waals surface area contributed by atoms with Gasteiger partial charge in [-0.15, -0.1) is 0 Å². The van der Waals surface area contributed by atoms with E-state index >= 15 is 0 Å². The van der Waals surface area contributed by atoms with Gasteiger partial charge in [-0.25, -0.2) is 4.79 Å². The Labute approximate surface area is 160 Å². The molecule has 9 nitrogen and oxygen atoms in total. The lowest BCUT2D eigenvalue weighted by molar-refractivity contribution is -0.383. The smallest absolute Gasteiger partial charge is 0.323 e. The minimum atomic E-state index is -0.956.